The second kappa shape index (κ2) is 4.75. The van der Waals surface area contributed by atoms with Crippen molar-refractivity contribution in [2.45, 2.75) is 38.9 Å². The first-order chi connectivity index (χ1) is 6.66. The Morgan fingerprint density at radius 2 is 2.00 bits per heavy atom. The highest BCUT2D eigenvalue weighted by atomic mass is 16.7. The first-order valence-corrected chi connectivity index (χ1v) is 5.17. The average molecular weight is 202 g/mol. The third kappa shape index (κ3) is 2.07. The molecule has 14 heavy (non-hydrogen) atoms. The molecule has 0 aromatic rings. The van der Waals surface area contributed by atoms with E-state index in [9.17, 15) is 4.79 Å². The van der Waals surface area contributed by atoms with Crippen molar-refractivity contribution in [3.8, 4) is 0 Å². The number of rotatable bonds is 5. The molecule has 82 valence electrons. The lowest BCUT2D eigenvalue weighted by molar-refractivity contribution is -0.210. The Balaban J connectivity index is 2.78. The second-order valence-electron chi connectivity index (χ2n) is 3.56. The number of hydrogen-bond donors (Lipinski definition) is 1. The van der Waals surface area contributed by atoms with Gasteiger partial charge in [0.25, 0.3) is 0 Å². The Morgan fingerprint density at radius 3 is 2.36 bits per heavy atom. The van der Waals surface area contributed by atoms with E-state index in [0.29, 0.717) is 26.1 Å². The first kappa shape index (κ1) is 11.5. The van der Waals surface area contributed by atoms with Gasteiger partial charge in [-0.2, -0.15) is 0 Å². The van der Waals surface area contributed by atoms with Gasteiger partial charge in [0.1, 0.15) is 5.92 Å². The maximum atomic E-state index is 11.0. The summed E-state index contributed by atoms with van der Waals surface area (Å²) < 4.78 is 11.0. The van der Waals surface area contributed by atoms with Crippen LogP contribution in [0.3, 0.4) is 0 Å². The van der Waals surface area contributed by atoms with E-state index in [4.69, 9.17) is 14.6 Å². The number of hydrogen-bond acceptors (Lipinski definition) is 3. The molecule has 0 spiro atoms. The van der Waals surface area contributed by atoms with Gasteiger partial charge in [-0.25, -0.2) is 0 Å². The molecule has 1 aliphatic heterocycles. The van der Waals surface area contributed by atoms with E-state index in [0.717, 1.165) is 6.42 Å². The van der Waals surface area contributed by atoms with E-state index in [1.807, 2.05) is 13.8 Å². The van der Waals surface area contributed by atoms with Crippen LogP contribution in [0.1, 0.15) is 33.1 Å². The Hall–Kier alpha value is -0.610. The molecule has 1 unspecified atom stereocenters. The maximum Gasteiger partial charge on any atom is 0.311 e. The van der Waals surface area contributed by atoms with E-state index >= 15 is 0 Å². The van der Waals surface area contributed by atoms with Crippen molar-refractivity contribution in [1.82, 2.24) is 0 Å². The molecule has 0 aliphatic carbocycles. The van der Waals surface area contributed by atoms with Gasteiger partial charge in [-0.05, 0) is 6.42 Å². The summed E-state index contributed by atoms with van der Waals surface area (Å²) in [7, 11) is 0. The van der Waals surface area contributed by atoms with Crippen LogP contribution in [0.25, 0.3) is 0 Å². The summed E-state index contributed by atoms with van der Waals surface area (Å²) in [6.45, 7) is 4.86. The number of carbonyl (C=O) groups is 1. The molecule has 4 nitrogen and oxygen atoms in total. The smallest absolute Gasteiger partial charge is 0.311 e. The first-order valence-electron chi connectivity index (χ1n) is 5.17. The Kier molecular flexibility index (Phi) is 3.89. The van der Waals surface area contributed by atoms with Crippen LogP contribution >= 0.6 is 0 Å². The highest BCUT2D eigenvalue weighted by Crippen LogP contribution is 2.35. The van der Waals surface area contributed by atoms with E-state index < -0.39 is 17.7 Å². The number of aliphatic carboxylic acids is 1. The summed E-state index contributed by atoms with van der Waals surface area (Å²) in [6, 6.07) is 0. The standard InChI is InChI=1S/C10H18O4/c1-3-5-10(13-6-7-14-10)8(4-2)9(11)12/h8H,3-7H2,1-2H3,(H,11,12). The molecule has 1 aliphatic rings. The summed E-state index contributed by atoms with van der Waals surface area (Å²) >= 11 is 0. The lowest BCUT2D eigenvalue weighted by atomic mass is 9.92. The topological polar surface area (TPSA) is 55.8 Å². The summed E-state index contributed by atoms with van der Waals surface area (Å²) in [6.07, 6.45) is 2.05. The minimum atomic E-state index is -0.866. The molecule has 0 amide bonds. The maximum absolute atomic E-state index is 11.0. The van der Waals surface area contributed by atoms with Crippen molar-refractivity contribution >= 4 is 5.97 Å². The van der Waals surface area contributed by atoms with Gasteiger partial charge in [0, 0.05) is 6.42 Å². The SMILES string of the molecule is CCCC1(C(CC)C(=O)O)OCCO1. The summed E-state index contributed by atoms with van der Waals surface area (Å²) in [5.74, 6) is -2.25. The van der Waals surface area contributed by atoms with Crippen LogP contribution < -0.4 is 0 Å². The minimum Gasteiger partial charge on any atom is -0.481 e. The van der Waals surface area contributed by atoms with E-state index in [-0.39, 0.29) is 0 Å². The normalized spacial score (nSPS) is 22.1. The van der Waals surface area contributed by atoms with E-state index in [1.54, 1.807) is 0 Å². The van der Waals surface area contributed by atoms with Crippen LogP contribution in [0, 0.1) is 5.92 Å². The Bertz CT molecular complexity index is 196. The molecule has 1 N–H and O–H groups in total. The predicted octanol–water partition coefficient (Wildman–Crippen LogP) is 1.64. The zero-order valence-corrected chi connectivity index (χ0v) is 8.78. The second-order valence-corrected chi connectivity index (χ2v) is 3.56. The summed E-state index contributed by atoms with van der Waals surface area (Å²) in [5.41, 5.74) is 0. The van der Waals surface area contributed by atoms with Crippen molar-refractivity contribution in [2.75, 3.05) is 13.2 Å². The number of carboxylic acids is 1. The van der Waals surface area contributed by atoms with E-state index in [2.05, 4.69) is 0 Å². The van der Waals surface area contributed by atoms with Crippen molar-refractivity contribution in [2.24, 2.45) is 5.92 Å². The zero-order chi connectivity index (χ0) is 10.6. The Labute approximate surface area is 84.2 Å². The highest BCUT2D eigenvalue weighted by molar-refractivity contribution is 5.71. The lowest BCUT2D eigenvalue weighted by Gasteiger charge is -2.32. The lowest BCUT2D eigenvalue weighted by Crippen LogP contribution is -2.43. The van der Waals surface area contributed by atoms with Crippen LogP contribution in [0.2, 0.25) is 0 Å². The molecule has 4 heteroatoms. The molecule has 0 saturated carbocycles. The molecule has 0 aromatic heterocycles. The molecule has 1 atom stereocenters. The molecule has 0 aromatic carbocycles. The predicted molar refractivity (Wildman–Crippen MR) is 51.0 cm³/mol. The summed E-state index contributed by atoms with van der Waals surface area (Å²) in [4.78, 5) is 11.0. The van der Waals surface area contributed by atoms with Gasteiger partial charge < -0.3 is 14.6 Å². The van der Waals surface area contributed by atoms with Crippen molar-refractivity contribution < 1.29 is 19.4 Å². The highest BCUT2D eigenvalue weighted by Gasteiger charge is 2.46. The monoisotopic (exact) mass is 202 g/mol. The number of ether oxygens (including phenoxy) is 2. The van der Waals surface area contributed by atoms with Gasteiger partial charge >= 0.3 is 5.97 Å². The molecule has 1 rings (SSSR count). The van der Waals surface area contributed by atoms with E-state index in [1.165, 1.54) is 0 Å². The fourth-order valence-corrected chi connectivity index (χ4v) is 2.01. The molecule has 0 bridgehead atoms. The Morgan fingerprint density at radius 1 is 1.43 bits per heavy atom. The molecular formula is C10H18O4. The third-order valence-corrected chi connectivity index (χ3v) is 2.61. The molecule has 0 radical (unpaired) electrons. The molecule has 1 saturated heterocycles. The van der Waals surface area contributed by atoms with Crippen molar-refractivity contribution in [3.05, 3.63) is 0 Å². The number of carboxylic acid groups (broad SMARTS) is 1. The van der Waals surface area contributed by atoms with Crippen LogP contribution in [-0.4, -0.2) is 30.1 Å². The minimum absolute atomic E-state index is 0.504. The third-order valence-electron chi connectivity index (χ3n) is 2.61. The van der Waals surface area contributed by atoms with Crippen LogP contribution in [-0.2, 0) is 14.3 Å². The molecule has 1 heterocycles. The van der Waals surface area contributed by atoms with Gasteiger partial charge in [-0.1, -0.05) is 20.3 Å². The molecule has 1 fully saturated rings. The quantitative estimate of drug-likeness (QED) is 0.736. The molecular weight excluding hydrogens is 184 g/mol. The largest absolute Gasteiger partial charge is 0.481 e. The van der Waals surface area contributed by atoms with Gasteiger partial charge in [-0.15, -0.1) is 0 Å². The zero-order valence-electron chi connectivity index (χ0n) is 8.78. The van der Waals surface area contributed by atoms with Gasteiger partial charge in [0.15, 0.2) is 5.79 Å². The fraction of sp³-hybridized carbons (Fsp3) is 0.900. The fourth-order valence-electron chi connectivity index (χ4n) is 2.01. The average Bonchev–Trinajstić information content (AvgIpc) is 2.55. The van der Waals surface area contributed by atoms with Gasteiger partial charge in [0.05, 0.1) is 13.2 Å². The van der Waals surface area contributed by atoms with Gasteiger partial charge in [0.2, 0.25) is 0 Å². The van der Waals surface area contributed by atoms with Crippen LogP contribution in [0.4, 0.5) is 0 Å². The van der Waals surface area contributed by atoms with Crippen molar-refractivity contribution in [3.63, 3.8) is 0 Å². The van der Waals surface area contributed by atoms with Crippen molar-refractivity contribution in [1.29, 1.82) is 0 Å². The van der Waals surface area contributed by atoms with Gasteiger partial charge in [-0.3, -0.25) is 4.79 Å². The van der Waals surface area contributed by atoms with Crippen LogP contribution in [0.15, 0.2) is 0 Å². The van der Waals surface area contributed by atoms with Crippen LogP contribution in [0.5, 0.6) is 0 Å². The summed E-state index contributed by atoms with van der Waals surface area (Å²) in [5, 5.41) is 9.07.